The predicted octanol–water partition coefficient (Wildman–Crippen LogP) is 3.16. The Morgan fingerprint density at radius 1 is 1.05 bits per heavy atom. The van der Waals surface area contributed by atoms with Crippen LogP contribution in [0.15, 0.2) is 30.3 Å². The van der Waals surface area contributed by atoms with Crippen LogP contribution < -0.4 is 0 Å². The summed E-state index contributed by atoms with van der Waals surface area (Å²) in [5.74, 6) is 0. The van der Waals surface area contributed by atoms with E-state index in [9.17, 15) is 9.13 Å². The molecule has 8 heteroatoms. The van der Waals surface area contributed by atoms with Gasteiger partial charge in [-0.25, -0.2) is 0 Å². The molecule has 1 aromatic carbocycles. The van der Waals surface area contributed by atoms with Gasteiger partial charge in [-0.15, -0.1) is 9.05 Å². The van der Waals surface area contributed by atoms with Crippen LogP contribution in [0.3, 0.4) is 0 Å². The molecule has 2 aliphatic rings. The quantitative estimate of drug-likeness (QED) is 0.792. The Morgan fingerprint density at radius 3 is 2.29 bits per heavy atom. The van der Waals surface area contributed by atoms with E-state index in [1.807, 2.05) is 30.3 Å². The maximum Gasteiger partial charge on any atom is 0.697 e. The first kappa shape index (κ1) is 15.3. The predicted molar refractivity (Wildman–Crippen MR) is 76.5 cm³/mol. The SMILES string of the molecule is O=[P+]1OCC2(CO1)COP(=O)(CCc1ccccc1)OC2. The van der Waals surface area contributed by atoms with Crippen LogP contribution in [0.4, 0.5) is 0 Å². The van der Waals surface area contributed by atoms with E-state index in [0.29, 0.717) is 12.6 Å². The summed E-state index contributed by atoms with van der Waals surface area (Å²) in [7, 11) is -5.10. The minimum atomic E-state index is -3.07. The van der Waals surface area contributed by atoms with Crippen molar-refractivity contribution in [3.8, 4) is 0 Å². The van der Waals surface area contributed by atoms with Gasteiger partial charge in [0.05, 0.1) is 24.8 Å². The Hall–Kier alpha value is -0.610. The summed E-state index contributed by atoms with van der Waals surface area (Å²) >= 11 is 0. The van der Waals surface area contributed by atoms with Gasteiger partial charge in [-0.2, -0.15) is 0 Å². The van der Waals surface area contributed by atoms with E-state index in [4.69, 9.17) is 18.1 Å². The molecular weight excluding hydrogens is 314 g/mol. The van der Waals surface area contributed by atoms with Gasteiger partial charge in [-0.05, 0) is 12.0 Å². The van der Waals surface area contributed by atoms with Crippen LogP contribution in [0.1, 0.15) is 5.56 Å². The molecule has 2 fully saturated rings. The maximum absolute atomic E-state index is 12.5. The highest BCUT2D eigenvalue weighted by Crippen LogP contribution is 2.55. The van der Waals surface area contributed by atoms with Crippen molar-refractivity contribution in [2.45, 2.75) is 6.42 Å². The van der Waals surface area contributed by atoms with E-state index in [1.54, 1.807) is 0 Å². The van der Waals surface area contributed by atoms with Gasteiger partial charge >= 0.3 is 15.9 Å². The molecule has 0 aromatic heterocycles. The molecule has 1 spiro atoms. The first-order valence-corrected chi connectivity index (χ1v) is 9.57. The van der Waals surface area contributed by atoms with Crippen molar-refractivity contribution in [2.75, 3.05) is 32.6 Å². The molecule has 1 aromatic rings. The van der Waals surface area contributed by atoms with Crippen molar-refractivity contribution in [1.82, 2.24) is 0 Å². The van der Waals surface area contributed by atoms with Gasteiger partial charge in [0.25, 0.3) is 0 Å². The highest BCUT2D eigenvalue weighted by molar-refractivity contribution is 7.53. The van der Waals surface area contributed by atoms with Crippen LogP contribution >= 0.6 is 15.9 Å². The molecule has 0 N–H and O–H groups in total. The zero-order chi connectivity index (χ0) is 14.8. The molecule has 3 rings (SSSR count). The minimum absolute atomic E-state index is 0.237. The molecular formula is C13H17O6P2+. The molecule has 0 saturated carbocycles. The van der Waals surface area contributed by atoms with Gasteiger partial charge in [-0.1, -0.05) is 30.3 Å². The number of aryl methyl sites for hydroxylation is 1. The smallest absolute Gasteiger partial charge is 0.308 e. The molecule has 0 aliphatic carbocycles. The monoisotopic (exact) mass is 331 g/mol. The third-order valence-electron chi connectivity index (χ3n) is 3.60. The molecule has 0 unspecified atom stereocenters. The summed E-state index contributed by atoms with van der Waals surface area (Å²) in [6.45, 7) is 0.951. The van der Waals surface area contributed by atoms with E-state index < -0.39 is 21.3 Å². The summed E-state index contributed by atoms with van der Waals surface area (Å²) in [6.07, 6.45) is 0.993. The van der Waals surface area contributed by atoms with Crippen LogP contribution in [0.5, 0.6) is 0 Å². The van der Waals surface area contributed by atoms with Crippen molar-refractivity contribution in [1.29, 1.82) is 0 Å². The van der Waals surface area contributed by atoms with Crippen LogP contribution in [-0.2, 0) is 33.6 Å². The summed E-state index contributed by atoms with van der Waals surface area (Å²) in [6, 6.07) is 9.80. The molecule has 2 heterocycles. The van der Waals surface area contributed by atoms with E-state index in [0.717, 1.165) is 5.56 Å². The first-order valence-electron chi connectivity index (χ1n) is 6.74. The van der Waals surface area contributed by atoms with Gasteiger partial charge in [0.2, 0.25) is 0 Å². The number of benzene rings is 1. The molecule has 21 heavy (non-hydrogen) atoms. The summed E-state index contributed by atoms with van der Waals surface area (Å²) in [4.78, 5) is 0. The van der Waals surface area contributed by atoms with Crippen LogP contribution in [0, 0.1) is 5.41 Å². The first-order chi connectivity index (χ1) is 10.1. The fraction of sp³-hybridized carbons (Fsp3) is 0.538. The summed E-state index contributed by atoms with van der Waals surface area (Å²) < 4.78 is 44.6. The van der Waals surface area contributed by atoms with E-state index in [-0.39, 0.29) is 26.4 Å². The summed E-state index contributed by atoms with van der Waals surface area (Å²) in [5.41, 5.74) is 0.603. The Kier molecular flexibility index (Phi) is 4.55. The van der Waals surface area contributed by atoms with Crippen molar-refractivity contribution in [3.63, 3.8) is 0 Å². The second kappa shape index (κ2) is 6.25. The lowest BCUT2D eigenvalue weighted by Gasteiger charge is -2.37. The Balaban J connectivity index is 1.54. The zero-order valence-electron chi connectivity index (χ0n) is 11.5. The molecule has 0 amide bonds. The van der Waals surface area contributed by atoms with Gasteiger partial charge in [0.1, 0.15) is 13.2 Å². The molecule has 6 nitrogen and oxygen atoms in total. The van der Waals surface area contributed by atoms with Crippen LogP contribution in [-0.4, -0.2) is 32.6 Å². The highest BCUT2D eigenvalue weighted by atomic mass is 31.2. The van der Waals surface area contributed by atoms with Crippen LogP contribution in [0.25, 0.3) is 0 Å². The zero-order valence-corrected chi connectivity index (χ0v) is 13.3. The van der Waals surface area contributed by atoms with E-state index >= 15 is 0 Å². The van der Waals surface area contributed by atoms with Gasteiger partial charge in [0.15, 0.2) is 0 Å². The number of rotatable bonds is 3. The van der Waals surface area contributed by atoms with Gasteiger partial charge < -0.3 is 9.05 Å². The molecule has 0 radical (unpaired) electrons. The molecule has 114 valence electrons. The standard InChI is InChI=1S/C13H17O6P2/c14-20-16-8-13(9-17-20)10-18-21(15,19-11-13)7-6-12-4-2-1-3-5-12/h1-5H,6-11H2/q+1. The number of hydrogen-bond donors (Lipinski definition) is 0. The molecule has 2 aliphatic heterocycles. The third-order valence-corrected chi connectivity index (χ3v) is 6.10. The molecule has 0 bridgehead atoms. The van der Waals surface area contributed by atoms with E-state index in [2.05, 4.69) is 0 Å². The second-order valence-corrected chi connectivity index (χ2v) is 8.54. The average Bonchev–Trinajstić information content (AvgIpc) is 2.53. The van der Waals surface area contributed by atoms with Crippen molar-refractivity contribution in [3.05, 3.63) is 35.9 Å². The van der Waals surface area contributed by atoms with E-state index in [1.165, 1.54) is 0 Å². The lowest BCUT2D eigenvalue weighted by molar-refractivity contribution is -0.0634. The maximum atomic E-state index is 12.5. The average molecular weight is 331 g/mol. The normalized spacial score (nSPS) is 35.0. The topological polar surface area (TPSA) is 71.1 Å². The van der Waals surface area contributed by atoms with Crippen molar-refractivity contribution < 1.29 is 27.2 Å². The lowest BCUT2D eigenvalue weighted by Crippen LogP contribution is -2.44. The second-order valence-electron chi connectivity index (χ2n) is 5.39. The number of hydrogen-bond acceptors (Lipinski definition) is 6. The Morgan fingerprint density at radius 2 is 1.67 bits per heavy atom. The minimum Gasteiger partial charge on any atom is -0.308 e. The van der Waals surface area contributed by atoms with Gasteiger partial charge in [-0.3, -0.25) is 4.57 Å². The fourth-order valence-corrected chi connectivity index (χ4v) is 4.85. The summed E-state index contributed by atoms with van der Waals surface area (Å²) in [5, 5.41) is 0. The fourth-order valence-electron chi connectivity index (χ4n) is 2.21. The van der Waals surface area contributed by atoms with Crippen LogP contribution in [0.2, 0.25) is 0 Å². The molecule has 2 saturated heterocycles. The molecule has 0 atom stereocenters. The Labute approximate surface area is 124 Å². The third kappa shape index (κ3) is 3.78. The lowest BCUT2D eigenvalue weighted by atomic mass is 9.93. The Bertz CT molecular complexity index is 537. The van der Waals surface area contributed by atoms with Crippen molar-refractivity contribution >= 4 is 15.9 Å². The largest absolute Gasteiger partial charge is 0.697 e. The van der Waals surface area contributed by atoms with Crippen molar-refractivity contribution in [2.24, 2.45) is 5.41 Å². The highest BCUT2D eigenvalue weighted by Gasteiger charge is 2.49. The van der Waals surface area contributed by atoms with Gasteiger partial charge in [0, 0.05) is 4.57 Å².